The number of halogens is 3. The van der Waals surface area contributed by atoms with Crippen molar-refractivity contribution in [2.75, 3.05) is 10.6 Å². The Hall–Kier alpha value is -3.60. The molecule has 0 aliphatic heterocycles. The molecule has 8 heteroatoms. The molecular weight excluding hydrogens is 347 g/mol. The number of anilines is 2. The highest BCUT2D eigenvalue weighted by Crippen LogP contribution is 2.20. The summed E-state index contributed by atoms with van der Waals surface area (Å²) in [6.07, 6.45) is 0.861. The molecule has 0 unspecified atom stereocenters. The van der Waals surface area contributed by atoms with Crippen LogP contribution in [0.15, 0.2) is 48.2 Å². The van der Waals surface area contributed by atoms with Crippen molar-refractivity contribution in [1.82, 2.24) is 0 Å². The van der Waals surface area contributed by atoms with Gasteiger partial charge in [0, 0.05) is 17.5 Å². The van der Waals surface area contributed by atoms with Crippen molar-refractivity contribution in [3.05, 3.63) is 71.2 Å². The molecule has 2 N–H and O–H groups in total. The zero-order chi connectivity index (χ0) is 19.3. The van der Waals surface area contributed by atoms with Crippen LogP contribution in [0.25, 0.3) is 0 Å². The average molecular weight is 359 g/mol. The molecule has 0 fully saturated rings. The molecule has 2 rings (SSSR count). The second-order valence-electron chi connectivity index (χ2n) is 5.13. The third-order valence-electron chi connectivity index (χ3n) is 3.30. The van der Waals surface area contributed by atoms with Crippen molar-refractivity contribution < 1.29 is 22.8 Å². The second kappa shape index (κ2) is 7.98. The van der Waals surface area contributed by atoms with Gasteiger partial charge in [0.05, 0.1) is 5.69 Å². The highest BCUT2D eigenvalue weighted by molar-refractivity contribution is 6.07. The van der Waals surface area contributed by atoms with Gasteiger partial charge in [0.25, 0.3) is 5.91 Å². The lowest BCUT2D eigenvalue weighted by Gasteiger charge is -2.07. The average Bonchev–Trinajstić information content (AvgIpc) is 2.62. The summed E-state index contributed by atoms with van der Waals surface area (Å²) in [5, 5.41) is 13.7. The van der Waals surface area contributed by atoms with Crippen molar-refractivity contribution in [2.45, 2.75) is 6.92 Å². The number of carbonyl (C=O) groups excluding carboxylic acids is 2. The number of hydrogen-bond donors (Lipinski definition) is 2. The quantitative estimate of drug-likeness (QED) is 0.369. The van der Waals surface area contributed by atoms with Gasteiger partial charge in [-0.05, 0) is 31.2 Å². The number of hydrogen-bond acceptors (Lipinski definition) is 4. The molecular formula is C18H12F3N3O2. The molecule has 5 nitrogen and oxygen atoms in total. The smallest absolute Gasteiger partial charge is 0.267 e. The van der Waals surface area contributed by atoms with Gasteiger partial charge in [0.15, 0.2) is 23.2 Å². The number of carbonyl (C=O) groups is 2. The molecule has 0 saturated heterocycles. The number of rotatable bonds is 5. The van der Waals surface area contributed by atoms with E-state index in [1.165, 1.54) is 19.1 Å². The van der Waals surface area contributed by atoms with Crippen LogP contribution in [0.3, 0.4) is 0 Å². The minimum Gasteiger partial charge on any atom is -0.358 e. The van der Waals surface area contributed by atoms with Crippen molar-refractivity contribution in [3.8, 4) is 6.07 Å². The summed E-state index contributed by atoms with van der Waals surface area (Å²) in [7, 11) is 0. The Bertz CT molecular complexity index is 949. The van der Waals surface area contributed by atoms with E-state index in [9.17, 15) is 22.8 Å². The Balaban J connectivity index is 2.18. The topological polar surface area (TPSA) is 82.0 Å². The zero-order valence-corrected chi connectivity index (χ0v) is 13.4. The highest BCUT2D eigenvalue weighted by Gasteiger charge is 2.14. The lowest BCUT2D eigenvalue weighted by molar-refractivity contribution is -0.112. The van der Waals surface area contributed by atoms with Gasteiger partial charge in [-0.3, -0.25) is 9.59 Å². The molecule has 1 amide bonds. The fraction of sp³-hybridized carbons (Fsp3) is 0.0556. The Labute approximate surface area is 146 Å². The summed E-state index contributed by atoms with van der Waals surface area (Å²) in [5.41, 5.74) is -0.236. The van der Waals surface area contributed by atoms with E-state index >= 15 is 0 Å². The maximum absolute atomic E-state index is 13.6. The monoisotopic (exact) mass is 359 g/mol. The van der Waals surface area contributed by atoms with Gasteiger partial charge in [-0.1, -0.05) is 12.1 Å². The first-order valence-electron chi connectivity index (χ1n) is 7.26. The molecule has 2 aromatic carbocycles. The Kier molecular flexibility index (Phi) is 5.75. The number of benzene rings is 2. The van der Waals surface area contributed by atoms with Crippen molar-refractivity contribution >= 4 is 23.1 Å². The summed E-state index contributed by atoms with van der Waals surface area (Å²) >= 11 is 0. The molecule has 2 aromatic rings. The lowest BCUT2D eigenvalue weighted by atomic mass is 10.1. The van der Waals surface area contributed by atoms with E-state index in [0.29, 0.717) is 11.6 Å². The van der Waals surface area contributed by atoms with E-state index in [2.05, 4.69) is 10.6 Å². The van der Waals surface area contributed by atoms with Gasteiger partial charge in [-0.25, -0.2) is 13.2 Å². The highest BCUT2D eigenvalue weighted by atomic mass is 19.2. The van der Waals surface area contributed by atoms with Crippen molar-refractivity contribution in [3.63, 3.8) is 0 Å². The number of Topliss-reactive ketones (excluding diaryl/α,β-unsaturated/α-hetero) is 1. The Morgan fingerprint density at radius 2 is 1.85 bits per heavy atom. The first-order valence-corrected chi connectivity index (χ1v) is 7.26. The van der Waals surface area contributed by atoms with E-state index in [1.54, 1.807) is 18.2 Å². The number of nitrogens with one attached hydrogen (secondary N) is 2. The zero-order valence-electron chi connectivity index (χ0n) is 13.4. The van der Waals surface area contributed by atoms with Crippen LogP contribution in [-0.4, -0.2) is 11.7 Å². The first-order chi connectivity index (χ1) is 12.3. The number of nitrogens with zero attached hydrogens (tertiary/aromatic N) is 1. The summed E-state index contributed by atoms with van der Waals surface area (Å²) in [5.74, 6) is -5.54. The summed E-state index contributed by atoms with van der Waals surface area (Å²) in [4.78, 5) is 23.4. The van der Waals surface area contributed by atoms with E-state index in [0.717, 1.165) is 12.3 Å². The normalized spacial score (nSPS) is 10.8. The number of ketones is 1. The first kappa shape index (κ1) is 18.7. The molecule has 0 bridgehead atoms. The van der Waals surface area contributed by atoms with E-state index in [-0.39, 0.29) is 11.5 Å². The summed E-state index contributed by atoms with van der Waals surface area (Å²) in [6.45, 7) is 1.36. The molecule has 0 atom stereocenters. The van der Waals surface area contributed by atoms with Gasteiger partial charge in [0.1, 0.15) is 11.6 Å². The Morgan fingerprint density at radius 1 is 1.12 bits per heavy atom. The fourth-order valence-corrected chi connectivity index (χ4v) is 1.95. The van der Waals surface area contributed by atoms with Gasteiger partial charge in [-0.15, -0.1) is 0 Å². The minimum atomic E-state index is -1.67. The predicted octanol–water partition coefficient (Wildman–Crippen LogP) is 3.76. The molecule has 0 radical (unpaired) electrons. The molecule has 132 valence electrons. The van der Waals surface area contributed by atoms with Crippen LogP contribution in [0.2, 0.25) is 0 Å². The predicted molar refractivity (Wildman–Crippen MR) is 88.7 cm³/mol. The van der Waals surface area contributed by atoms with Gasteiger partial charge in [-0.2, -0.15) is 5.26 Å². The number of nitriles is 1. The SMILES string of the molecule is CC(=O)c1cccc(NC(=O)/C(C#N)=C\Nc2ccc(F)c(F)c2F)c1. The van der Waals surface area contributed by atoms with Crippen LogP contribution < -0.4 is 10.6 Å². The second-order valence-corrected chi connectivity index (χ2v) is 5.13. The van der Waals surface area contributed by atoms with E-state index in [4.69, 9.17) is 5.26 Å². The molecule has 0 saturated carbocycles. The van der Waals surface area contributed by atoms with Crippen LogP contribution in [0.1, 0.15) is 17.3 Å². The van der Waals surface area contributed by atoms with Gasteiger partial charge < -0.3 is 10.6 Å². The number of amides is 1. The van der Waals surface area contributed by atoms with Crippen LogP contribution in [0.4, 0.5) is 24.5 Å². The van der Waals surface area contributed by atoms with Crippen LogP contribution in [-0.2, 0) is 4.79 Å². The molecule has 0 aromatic heterocycles. The van der Waals surface area contributed by atoms with Crippen molar-refractivity contribution in [1.29, 1.82) is 5.26 Å². The van der Waals surface area contributed by atoms with Crippen LogP contribution in [0.5, 0.6) is 0 Å². The third-order valence-corrected chi connectivity index (χ3v) is 3.30. The van der Waals surface area contributed by atoms with Gasteiger partial charge in [0.2, 0.25) is 0 Å². The third kappa shape index (κ3) is 4.27. The molecule has 26 heavy (non-hydrogen) atoms. The van der Waals surface area contributed by atoms with Crippen LogP contribution >= 0.6 is 0 Å². The standard InChI is InChI=1S/C18H12F3N3O2/c1-10(25)11-3-2-4-13(7-11)24-18(26)12(8-22)9-23-15-6-5-14(19)16(20)17(15)21/h2-7,9,23H,1H3,(H,24,26)/b12-9-. The minimum absolute atomic E-state index is 0.201. The lowest BCUT2D eigenvalue weighted by Crippen LogP contribution is -2.15. The van der Waals surface area contributed by atoms with Crippen molar-refractivity contribution in [2.24, 2.45) is 0 Å². The van der Waals surface area contributed by atoms with Gasteiger partial charge >= 0.3 is 0 Å². The van der Waals surface area contributed by atoms with E-state index in [1.807, 2.05) is 0 Å². The summed E-state index contributed by atoms with van der Waals surface area (Å²) < 4.78 is 39.6. The maximum Gasteiger partial charge on any atom is 0.267 e. The molecule has 0 aliphatic rings. The Morgan fingerprint density at radius 3 is 2.50 bits per heavy atom. The largest absolute Gasteiger partial charge is 0.358 e. The molecule has 0 heterocycles. The van der Waals surface area contributed by atoms with Crippen LogP contribution in [0, 0.1) is 28.8 Å². The fourth-order valence-electron chi connectivity index (χ4n) is 1.95. The summed E-state index contributed by atoms with van der Waals surface area (Å²) in [6, 6.07) is 9.29. The van der Waals surface area contributed by atoms with E-state index < -0.39 is 34.6 Å². The molecule has 0 spiro atoms. The molecule has 0 aliphatic carbocycles. The maximum atomic E-state index is 13.6.